The number of hydrogen-bond acceptors (Lipinski definition) is 3. The van der Waals surface area contributed by atoms with Crippen molar-refractivity contribution in [3.8, 4) is 0 Å². The highest BCUT2D eigenvalue weighted by molar-refractivity contribution is 14.1. The molecule has 0 saturated heterocycles. The van der Waals surface area contributed by atoms with Crippen LogP contribution in [0.25, 0.3) is 33.1 Å². The highest BCUT2D eigenvalue weighted by atomic mass is 127. The minimum Gasteiger partial charge on any atom is -0.399 e. The maximum atomic E-state index is 5.98. The zero-order valence-electron chi connectivity index (χ0n) is 11.6. The molecule has 6 heteroatoms. The number of nitrogen functional groups attached to an aromatic ring is 1. The Morgan fingerprint density at radius 1 is 1.09 bits per heavy atom. The van der Waals surface area contributed by atoms with Gasteiger partial charge in [-0.05, 0) is 59.0 Å². The van der Waals surface area contributed by atoms with Gasteiger partial charge in [-0.15, -0.1) is 11.6 Å². The quantitative estimate of drug-likeness (QED) is 0.300. The maximum absolute atomic E-state index is 5.98. The summed E-state index contributed by atoms with van der Waals surface area (Å²) in [5, 5.41) is 1.10. The summed E-state index contributed by atoms with van der Waals surface area (Å²) < 4.78 is 3.31. The molecule has 0 spiro atoms. The summed E-state index contributed by atoms with van der Waals surface area (Å²) >= 11 is 8.29. The van der Waals surface area contributed by atoms with Crippen LogP contribution in [0, 0.1) is 3.57 Å². The maximum Gasteiger partial charge on any atom is 0.160 e. The predicted octanol–water partition coefficient (Wildman–Crippen LogP) is 4.16. The second-order valence-electron chi connectivity index (χ2n) is 5.15. The third-order valence-corrected chi connectivity index (χ3v) is 4.58. The molecule has 0 radical (unpaired) electrons. The Hall–Kier alpha value is -1.60. The second kappa shape index (κ2) is 5.24. The Balaban J connectivity index is 2.20. The first-order chi connectivity index (χ1) is 10.7. The Kier molecular flexibility index (Phi) is 3.34. The van der Waals surface area contributed by atoms with E-state index < -0.39 is 0 Å². The molecule has 2 aromatic carbocycles. The van der Waals surface area contributed by atoms with Gasteiger partial charge >= 0.3 is 0 Å². The van der Waals surface area contributed by atoms with Crippen LogP contribution in [0.3, 0.4) is 0 Å². The van der Waals surface area contributed by atoms with Crippen molar-refractivity contribution in [3.05, 3.63) is 40.0 Å². The Morgan fingerprint density at radius 2 is 1.95 bits per heavy atom. The zero-order valence-corrected chi connectivity index (χ0v) is 14.5. The van der Waals surface area contributed by atoms with E-state index in [4.69, 9.17) is 27.3 Å². The van der Waals surface area contributed by atoms with Crippen LogP contribution in [0.2, 0.25) is 0 Å². The number of fused-ring (bicyclic) bond motifs is 4. The average Bonchev–Trinajstić information content (AvgIpc) is 2.79. The molecule has 0 fully saturated rings. The van der Waals surface area contributed by atoms with E-state index in [1.54, 1.807) is 0 Å². The van der Waals surface area contributed by atoms with Gasteiger partial charge in [0.1, 0.15) is 5.52 Å². The molecule has 2 heterocycles. The molecule has 0 saturated carbocycles. The van der Waals surface area contributed by atoms with Crippen LogP contribution in [0.1, 0.15) is 0 Å². The van der Waals surface area contributed by atoms with Gasteiger partial charge in [0.15, 0.2) is 5.65 Å². The monoisotopic (exact) mass is 422 g/mol. The van der Waals surface area contributed by atoms with E-state index in [1.165, 1.54) is 3.57 Å². The second-order valence-corrected chi connectivity index (χ2v) is 6.77. The van der Waals surface area contributed by atoms with Crippen molar-refractivity contribution >= 4 is 73.0 Å². The van der Waals surface area contributed by atoms with Crippen molar-refractivity contribution in [1.29, 1.82) is 0 Å². The van der Waals surface area contributed by atoms with E-state index in [2.05, 4.69) is 45.4 Å². The highest BCUT2D eigenvalue weighted by Crippen LogP contribution is 2.30. The number of rotatable bonds is 2. The molecule has 0 unspecified atom stereocenters. The van der Waals surface area contributed by atoms with E-state index in [9.17, 15) is 0 Å². The summed E-state index contributed by atoms with van der Waals surface area (Å²) in [5.41, 5.74) is 11.1. The lowest BCUT2D eigenvalue weighted by molar-refractivity contribution is 0.823. The van der Waals surface area contributed by atoms with Crippen molar-refractivity contribution in [2.24, 2.45) is 0 Å². The molecular formula is C16H12ClIN4. The van der Waals surface area contributed by atoms with E-state index in [-0.39, 0.29) is 0 Å². The van der Waals surface area contributed by atoms with Gasteiger partial charge in [-0.3, -0.25) is 0 Å². The van der Waals surface area contributed by atoms with Crippen LogP contribution in [0.5, 0.6) is 0 Å². The SMILES string of the molecule is Nc1ccc2nc3c(nc2c1)c1cc(I)ccc1n3CCCl. The Bertz CT molecular complexity index is 1030. The lowest BCUT2D eigenvalue weighted by Crippen LogP contribution is -2.00. The molecule has 0 bridgehead atoms. The molecule has 110 valence electrons. The molecule has 22 heavy (non-hydrogen) atoms. The first-order valence-corrected chi connectivity index (χ1v) is 8.49. The van der Waals surface area contributed by atoms with Gasteiger partial charge in [0.25, 0.3) is 0 Å². The molecule has 0 amide bonds. The summed E-state index contributed by atoms with van der Waals surface area (Å²) in [7, 11) is 0. The molecule has 4 rings (SSSR count). The number of halogens is 2. The lowest BCUT2D eigenvalue weighted by Gasteiger charge is -2.04. The molecule has 0 atom stereocenters. The van der Waals surface area contributed by atoms with Gasteiger partial charge in [0.2, 0.25) is 0 Å². The summed E-state index contributed by atoms with van der Waals surface area (Å²) in [6.07, 6.45) is 0. The summed E-state index contributed by atoms with van der Waals surface area (Å²) in [6, 6.07) is 11.9. The van der Waals surface area contributed by atoms with Gasteiger partial charge in [0.05, 0.1) is 16.6 Å². The zero-order chi connectivity index (χ0) is 15.3. The van der Waals surface area contributed by atoms with Crippen molar-refractivity contribution in [1.82, 2.24) is 14.5 Å². The molecule has 4 aromatic rings. The average molecular weight is 423 g/mol. The molecule has 0 aliphatic heterocycles. The summed E-state index contributed by atoms with van der Waals surface area (Å²) in [5.74, 6) is 0.534. The fourth-order valence-electron chi connectivity index (χ4n) is 2.79. The van der Waals surface area contributed by atoms with Gasteiger partial charge in [-0.1, -0.05) is 0 Å². The molecule has 0 aliphatic carbocycles. The first-order valence-electron chi connectivity index (χ1n) is 6.88. The van der Waals surface area contributed by atoms with Crippen LogP contribution in [-0.4, -0.2) is 20.4 Å². The van der Waals surface area contributed by atoms with Crippen molar-refractivity contribution < 1.29 is 0 Å². The highest BCUT2D eigenvalue weighted by Gasteiger charge is 2.14. The van der Waals surface area contributed by atoms with E-state index in [0.717, 1.165) is 33.1 Å². The predicted molar refractivity (Wildman–Crippen MR) is 100 cm³/mol. The van der Waals surface area contributed by atoms with Crippen LogP contribution in [-0.2, 0) is 6.54 Å². The third-order valence-electron chi connectivity index (χ3n) is 3.74. The largest absolute Gasteiger partial charge is 0.399 e. The van der Waals surface area contributed by atoms with Gasteiger partial charge < -0.3 is 10.3 Å². The molecular weight excluding hydrogens is 411 g/mol. The minimum atomic E-state index is 0.534. The lowest BCUT2D eigenvalue weighted by atomic mass is 10.2. The van der Waals surface area contributed by atoms with Crippen LogP contribution < -0.4 is 5.73 Å². The van der Waals surface area contributed by atoms with Crippen molar-refractivity contribution in [2.75, 3.05) is 11.6 Å². The minimum absolute atomic E-state index is 0.534. The number of alkyl halides is 1. The van der Waals surface area contributed by atoms with Crippen LogP contribution in [0.15, 0.2) is 36.4 Å². The fraction of sp³-hybridized carbons (Fsp3) is 0.125. The standard InChI is InChI=1S/C16H12ClIN4/c17-5-6-22-14-4-1-9(18)7-11(14)15-16(22)21-12-3-2-10(19)8-13(12)20-15/h1-4,7-8H,5-6,19H2. The van der Waals surface area contributed by atoms with E-state index in [1.807, 2.05) is 18.2 Å². The molecule has 4 nitrogen and oxygen atoms in total. The number of anilines is 1. The number of nitrogens with two attached hydrogens (primary N) is 1. The topological polar surface area (TPSA) is 56.7 Å². The number of aryl methyl sites for hydroxylation is 1. The summed E-state index contributed by atoms with van der Waals surface area (Å²) in [4.78, 5) is 9.59. The van der Waals surface area contributed by atoms with Crippen LogP contribution in [0.4, 0.5) is 5.69 Å². The molecule has 2 aromatic heterocycles. The number of benzene rings is 2. The van der Waals surface area contributed by atoms with E-state index in [0.29, 0.717) is 18.1 Å². The van der Waals surface area contributed by atoms with E-state index >= 15 is 0 Å². The smallest absolute Gasteiger partial charge is 0.160 e. The Labute approximate surface area is 145 Å². The van der Waals surface area contributed by atoms with Gasteiger partial charge in [0, 0.05) is 27.1 Å². The first kappa shape index (κ1) is 14.0. The van der Waals surface area contributed by atoms with Gasteiger partial charge in [-0.2, -0.15) is 0 Å². The number of nitrogens with zero attached hydrogens (tertiary/aromatic N) is 3. The molecule has 0 aliphatic rings. The van der Waals surface area contributed by atoms with Crippen molar-refractivity contribution in [3.63, 3.8) is 0 Å². The number of hydrogen-bond donors (Lipinski definition) is 1. The fourth-order valence-corrected chi connectivity index (χ4v) is 3.45. The van der Waals surface area contributed by atoms with Crippen molar-refractivity contribution in [2.45, 2.75) is 6.54 Å². The number of aromatic nitrogens is 3. The molecule has 2 N–H and O–H groups in total. The van der Waals surface area contributed by atoms with Gasteiger partial charge in [-0.25, -0.2) is 9.97 Å². The Morgan fingerprint density at radius 3 is 2.77 bits per heavy atom. The summed E-state index contributed by atoms with van der Waals surface area (Å²) in [6.45, 7) is 0.706. The third kappa shape index (κ3) is 2.11. The normalized spacial score (nSPS) is 11.7. The van der Waals surface area contributed by atoms with Crippen LogP contribution >= 0.6 is 34.2 Å².